The summed E-state index contributed by atoms with van der Waals surface area (Å²) >= 11 is 1.88. The smallest absolute Gasteiger partial charge is 0.159 e. The molecule has 0 saturated heterocycles. The van der Waals surface area contributed by atoms with Gasteiger partial charge in [0.05, 0.1) is 16.6 Å². The molecule has 5 heteroatoms. The highest BCUT2D eigenvalue weighted by molar-refractivity contribution is 7.99. The van der Waals surface area contributed by atoms with Crippen molar-refractivity contribution < 1.29 is 0 Å². The van der Waals surface area contributed by atoms with Crippen LogP contribution in [0.25, 0.3) is 55.2 Å². The molecule has 9 aromatic carbocycles. The van der Waals surface area contributed by atoms with Crippen molar-refractivity contribution in [3.05, 3.63) is 257 Å². The van der Waals surface area contributed by atoms with Crippen LogP contribution in [0.15, 0.2) is 238 Å². The number of amidine groups is 2. The van der Waals surface area contributed by atoms with E-state index in [0.29, 0.717) is 5.84 Å². The van der Waals surface area contributed by atoms with Crippen molar-refractivity contribution in [1.82, 2.24) is 10.3 Å². The lowest BCUT2D eigenvalue weighted by Gasteiger charge is -2.39. The van der Waals surface area contributed by atoms with E-state index in [-0.39, 0.29) is 6.17 Å². The minimum absolute atomic E-state index is 0.252. The molecule has 10 aromatic rings. The zero-order valence-electron chi connectivity index (χ0n) is 34.6. The Labute approximate surface area is 375 Å². The number of nitrogens with zero attached hydrogens (tertiary/aromatic N) is 3. The molecular weight excluding hydrogens is 797 g/mol. The van der Waals surface area contributed by atoms with E-state index in [9.17, 15) is 0 Å². The maximum atomic E-state index is 5.47. The van der Waals surface area contributed by atoms with E-state index in [2.05, 4.69) is 199 Å². The van der Waals surface area contributed by atoms with Crippen molar-refractivity contribution in [1.29, 1.82) is 0 Å². The van der Waals surface area contributed by atoms with Crippen molar-refractivity contribution in [3.63, 3.8) is 0 Å². The standard InChI is InChI=1S/C59H38N4S/c1-3-16-38(17-4-1)56-61-57(39-18-5-2-6-19-39)63-58(62-56)40-32-30-37(31-33-40)41-20-15-21-42(34-41)55-47-35-46-43-22-7-9-24-48(43)59(51(46)36-45(47)44-23-8-12-27-52(44)60-55)49-25-10-13-28-53(49)64-54-29-14-11-26-50(54)59/h1-36,56H,(H,61,62,63). The first kappa shape index (κ1) is 36.8. The Kier molecular flexibility index (Phi) is 8.40. The molecule has 1 N–H and O–H groups in total. The normalized spacial score (nSPS) is 15.4. The summed E-state index contributed by atoms with van der Waals surface area (Å²) in [5.74, 6) is 1.51. The fraction of sp³-hybridized carbons (Fsp3) is 0.0339. The predicted octanol–water partition coefficient (Wildman–Crippen LogP) is 14.0. The number of aromatic nitrogens is 1. The highest BCUT2D eigenvalue weighted by atomic mass is 32.2. The molecule has 0 radical (unpaired) electrons. The first-order valence-electron chi connectivity index (χ1n) is 21.8. The first-order chi connectivity index (χ1) is 31.7. The van der Waals surface area contributed by atoms with Crippen LogP contribution in [0, 0.1) is 0 Å². The number of aliphatic imine (C=N–C) groups is 2. The van der Waals surface area contributed by atoms with Crippen LogP contribution in [0.4, 0.5) is 0 Å². The van der Waals surface area contributed by atoms with Crippen LogP contribution in [-0.4, -0.2) is 16.7 Å². The minimum atomic E-state index is -0.453. The van der Waals surface area contributed by atoms with Gasteiger partial charge in [-0.05, 0) is 91.9 Å². The largest absolute Gasteiger partial charge is 0.344 e. The van der Waals surface area contributed by atoms with E-state index in [1.807, 2.05) is 36.0 Å². The molecule has 1 aliphatic carbocycles. The number of rotatable bonds is 5. The summed E-state index contributed by atoms with van der Waals surface area (Å²) in [6.07, 6.45) is -0.252. The van der Waals surface area contributed by atoms with Gasteiger partial charge in [0.1, 0.15) is 12.0 Å². The van der Waals surface area contributed by atoms with Crippen molar-refractivity contribution in [2.45, 2.75) is 21.4 Å². The van der Waals surface area contributed by atoms with Crippen LogP contribution in [0.5, 0.6) is 0 Å². The lowest BCUT2D eigenvalue weighted by Crippen LogP contribution is -2.33. The van der Waals surface area contributed by atoms with Gasteiger partial charge in [0.2, 0.25) is 0 Å². The molecule has 2 aliphatic heterocycles. The molecule has 3 heterocycles. The summed E-state index contributed by atoms with van der Waals surface area (Å²) < 4.78 is 0. The van der Waals surface area contributed by atoms with E-state index in [4.69, 9.17) is 15.0 Å². The van der Waals surface area contributed by atoms with Crippen LogP contribution >= 0.6 is 11.8 Å². The molecule has 0 bridgehead atoms. The van der Waals surface area contributed by atoms with Gasteiger partial charge in [0.15, 0.2) is 5.84 Å². The molecule has 13 rings (SSSR count). The van der Waals surface area contributed by atoms with Gasteiger partial charge in [-0.15, -0.1) is 0 Å². The van der Waals surface area contributed by atoms with Gasteiger partial charge in [0, 0.05) is 37.3 Å². The van der Waals surface area contributed by atoms with Gasteiger partial charge in [0.25, 0.3) is 0 Å². The Morgan fingerprint density at radius 1 is 0.422 bits per heavy atom. The Bertz CT molecular complexity index is 3510. The first-order valence-corrected chi connectivity index (χ1v) is 22.6. The second-order valence-corrected chi connectivity index (χ2v) is 17.8. The SMILES string of the molecule is c1ccc(C2=NC(c3ccc(-c4cccc(-c5nc6ccccc6c6cc7c(cc56)-c5ccccc5C75c6ccccc6Sc6ccccc65)c4)cc3)=NC(c3ccccc3)N2)cc1. The summed E-state index contributed by atoms with van der Waals surface area (Å²) in [5.41, 5.74) is 15.8. The van der Waals surface area contributed by atoms with Crippen molar-refractivity contribution in [3.8, 4) is 33.5 Å². The molecule has 1 aromatic heterocycles. The quantitative estimate of drug-likeness (QED) is 0.176. The van der Waals surface area contributed by atoms with Crippen LogP contribution in [0.1, 0.15) is 45.1 Å². The van der Waals surface area contributed by atoms with Crippen molar-refractivity contribution in [2.24, 2.45) is 9.98 Å². The van der Waals surface area contributed by atoms with E-state index in [1.54, 1.807) is 0 Å². The maximum Gasteiger partial charge on any atom is 0.159 e. The summed E-state index contributed by atoms with van der Waals surface area (Å²) in [6, 6.07) is 78.7. The lowest BCUT2D eigenvalue weighted by atomic mass is 9.67. The maximum absolute atomic E-state index is 5.47. The van der Waals surface area contributed by atoms with Crippen molar-refractivity contribution >= 4 is 45.1 Å². The summed E-state index contributed by atoms with van der Waals surface area (Å²) in [4.78, 5) is 18.2. The van der Waals surface area contributed by atoms with Crippen molar-refractivity contribution in [2.75, 3.05) is 0 Å². The van der Waals surface area contributed by atoms with Gasteiger partial charge in [-0.1, -0.05) is 194 Å². The Hall–Kier alpha value is -7.86. The van der Waals surface area contributed by atoms with Crippen LogP contribution < -0.4 is 5.32 Å². The number of hydrogen-bond donors (Lipinski definition) is 1. The van der Waals surface area contributed by atoms with Gasteiger partial charge in [-0.3, -0.25) is 0 Å². The monoisotopic (exact) mass is 834 g/mol. The van der Waals surface area contributed by atoms with E-state index < -0.39 is 5.41 Å². The molecule has 0 fully saturated rings. The zero-order chi connectivity index (χ0) is 42.2. The predicted molar refractivity (Wildman–Crippen MR) is 263 cm³/mol. The molecule has 64 heavy (non-hydrogen) atoms. The van der Waals surface area contributed by atoms with E-state index in [0.717, 1.165) is 61.2 Å². The average Bonchev–Trinajstić information content (AvgIpc) is 3.65. The summed E-state index contributed by atoms with van der Waals surface area (Å²) in [5, 5.41) is 7.08. The lowest BCUT2D eigenvalue weighted by molar-refractivity contribution is 0.674. The Balaban J connectivity index is 0.948. The van der Waals surface area contributed by atoms with Gasteiger partial charge in [-0.2, -0.15) is 0 Å². The molecule has 3 aliphatic rings. The van der Waals surface area contributed by atoms with Crippen LogP contribution in [0.2, 0.25) is 0 Å². The topological polar surface area (TPSA) is 49.6 Å². The number of para-hydroxylation sites is 1. The third-order valence-corrected chi connectivity index (χ3v) is 14.3. The third-order valence-electron chi connectivity index (χ3n) is 13.2. The molecular formula is C59H38N4S. The minimum Gasteiger partial charge on any atom is -0.344 e. The number of pyridine rings is 1. The molecule has 1 spiro atoms. The highest BCUT2D eigenvalue weighted by Crippen LogP contribution is 2.62. The van der Waals surface area contributed by atoms with Crippen LogP contribution in [-0.2, 0) is 5.41 Å². The Morgan fingerprint density at radius 3 is 1.83 bits per heavy atom. The van der Waals surface area contributed by atoms with Gasteiger partial charge in [-0.25, -0.2) is 15.0 Å². The number of nitrogens with one attached hydrogen (secondary N) is 1. The molecule has 0 saturated carbocycles. The summed E-state index contributed by atoms with van der Waals surface area (Å²) in [7, 11) is 0. The number of benzene rings is 9. The molecule has 4 nitrogen and oxygen atoms in total. The molecule has 1 unspecified atom stereocenters. The van der Waals surface area contributed by atoms with E-state index >= 15 is 0 Å². The summed E-state index contributed by atoms with van der Waals surface area (Å²) in [6.45, 7) is 0. The van der Waals surface area contributed by atoms with Gasteiger partial charge >= 0.3 is 0 Å². The van der Waals surface area contributed by atoms with Crippen LogP contribution in [0.3, 0.4) is 0 Å². The second kappa shape index (κ2) is 14.6. The third kappa shape index (κ3) is 5.67. The second-order valence-electron chi connectivity index (χ2n) is 16.7. The molecule has 300 valence electrons. The fourth-order valence-corrected chi connectivity index (χ4v) is 11.5. The number of hydrogen-bond acceptors (Lipinski definition) is 5. The number of fused-ring (bicyclic) bond motifs is 12. The van der Waals surface area contributed by atoms with Gasteiger partial charge < -0.3 is 5.32 Å². The fourth-order valence-electron chi connectivity index (χ4n) is 10.3. The molecule has 0 amide bonds. The van der Waals surface area contributed by atoms with E-state index in [1.165, 1.54) is 48.6 Å². The highest BCUT2D eigenvalue weighted by Gasteiger charge is 2.50. The Morgan fingerprint density at radius 2 is 1.05 bits per heavy atom. The average molecular weight is 835 g/mol. The zero-order valence-corrected chi connectivity index (χ0v) is 35.4. The molecule has 1 atom stereocenters.